The van der Waals surface area contributed by atoms with Gasteiger partial charge < -0.3 is 18.4 Å². The van der Waals surface area contributed by atoms with Crippen LogP contribution in [0.25, 0.3) is 23.0 Å². The summed E-state index contributed by atoms with van der Waals surface area (Å²) < 4.78 is 21.9. The van der Waals surface area contributed by atoms with E-state index in [1.807, 2.05) is 30.3 Å². The molecule has 2 aromatic carbocycles. The number of aromatic nitrogens is 2. The van der Waals surface area contributed by atoms with Crippen LogP contribution in [-0.4, -0.2) is 17.3 Å². The Morgan fingerprint density at radius 3 is 2.59 bits per heavy atom. The molecular weight excluding hydrogens is 344 g/mol. The smallest absolute Gasteiger partial charge is 0.293 e. The summed E-state index contributed by atoms with van der Waals surface area (Å²) in [6.07, 6.45) is 1.56. The van der Waals surface area contributed by atoms with Gasteiger partial charge in [0.15, 0.2) is 17.3 Å². The van der Waals surface area contributed by atoms with Crippen LogP contribution in [0.5, 0.6) is 11.5 Å². The highest BCUT2D eigenvalue weighted by atomic mass is 16.5. The van der Waals surface area contributed by atoms with Crippen molar-refractivity contribution in [2.75, 3.05) is 7.11 Å². The average Bonchev–Trinajstić information content (AvgIpc) is 3.39. The molecule has 2 aromatic heterocycles. The van der Waals surface area contributed by atoms with Gasteiger partial charge in [-0.2, -0.15) is 4.98 Å². The molecule has 136 valence electrons. The van der Waals surface area contributed by atoms with E-state index in [-0.39, 0.29) is 0 Å². The summed E-state index contributed by atoms with van der Waals surface area (Å²) in [6.45, 7) is 2.52. The minimum atomic E-state index is 0.327. The van der Waals surface area contributed by atoms with Gasteiger partial charge in [-0.15, -0.1) is 0 Å². The molecule has 0 aliphatic heterocycles. The van der Waals surface area contributed by atoms with Crippen molar-refractivity contribution < 1.29 is 18.4 Å². The lowest BCUT2D eigenvalue weighted by Gasteiger charge is -2.11. The number of ether oxygens (including phenoxy) is 2. The number of hydrogen-bond donors (Lipinski definition) is 0. The summed E-state index contributed by atoms with van der Waals surface area (Å²) in [7, 11) is 1.60. The molecule has 0 amide bonds. The normalized spacial score (nSPS) is 10.7. The molecule has 4 rings (SSSR count). The second kappa shape index (κ2) is 7.37. The van der Waals surface area contributed by atoms with E-state index in [0.29, 0.717) is 35.6 Å². The standard InChI is InChI=1S/C21H18N2O4/c1-14-5-7-15(8-6-14)13-26-17-10-9-16(12-19(17)24-2)20-22-21(27-23-20)18-4-3-11-25-18/h3-12H,13H2,1-2H3. The van der Waals surface area contributed by atoms with Gasteiger partial charge >= 0.3 is 0 Å². The van der Waals surface area contributed by atoms with Crippen molar-refractivity contribution in [3.05, 3.63) is 72.0 Å². The predicted molar refractivity (Wildman–Crippen MR) is 99.5 cm³/mol. The SMILES string of the molecule is COc1cc(-c2noc(-c3ccco3)n2)ccc1OCc1ccc(C)cc1. The average molecular weight is 362 g/mol. The van der Waals surface area contributed by atoms with Gasteiger partial charge in [0, 0.05) is 5.56 Å². The first-order valence-corrected chi connectivity index (χ1v) is 8.47. The lowest BCUT2D eigenvalue weighted by molar-refractivity contribution is 0.284. The van der Waals surface area contributed by atoms with Crippen molar-refractivity contribution >= 4 is 0 Å². The van der Waals surface area contributed by atoms with E-state index < -0.39 is 0 Å². The van der Waals surface area contributed by atoms with Gasteiger partial charge in [-0.25, -0.2) is 0 Å². The third kappa shape index (κ3) is 3.69. The lowest BCUT2D eigenvalue weighted by atomic mass is 10.1. The van der Waals surface area contributed by atoms with Crippen LogP contribution >= 0.6 is 0 Å². The number of furan rings is 1. The van der Waals surface area contributed by atoms with Crippen molar-refractivity contribution in [2.24, 2.45) is 0 Å². The Hall–Kier alpha value is -3.54. The van der Waals surface area contributed by atoms with Gasteiger partial charge in [0.25, 0.3) is 5.89 Å². The molecule has 6 heteroatoms. The summed E-state index contributed by atoms with van der Waals surface area (Å²) >= 11 is 0. The molecule has 0 saturated carbocycles. The zero-order chi connectivity index (χ0) is 18.6. The van der Waals surface area contributed by atoms with Crippen molar-refractivity contribution in [1.82, 2.24) is 10.1 Å². The van der Waals surface area contributed by atoms with Gasteiger partial charge in [0.1, 0.15) is 6.61 Å². The van der Waals surface area contributed by atoms with E-state index in [9.17, 15) is 0 Å². The van der Waals surface area contributed by atoms with Crippen LogP contribution in [-0.2, 0) is 6.61 Å². The molecule has 0 N–H and O–H groups in total. The highest BCUT2D eigenvalue weighted by molar-refractivity contribution is 5.62. The van der Waals surface area contributed by atoms with Gasteiger partial charge in [-0.3, -0.25) is 0 Å². The molecule has 0 bridgehead atoms. The summed E-state index contributed by atoms with van der Waals surface area (Å²) in [5.74, 6) is 2.55. The summed E-state index contributed by atoms with van der Waals surface area (Å²) in [5, 5.41) is 4.01. The molecule has 0 atom stereocenters. The molecule has 0 aliphatic rings. The van der Waals surface area contributed by atoms with Crippen LogP contribution in [0.4, 0.5) is 0 Å². The Morgan fingerprint density at radius 1 is 1.00 bits per heavy atom. The fourth-order valence-electron chi connectivity index (χ4n) is 2.61. The Balaban J connectivity index is 1.53. The fraction of sp³-hybridized carbons (Fsp3) is 0.143. The molecule has 0 spiro atoms. The number of benzene rings is 2. The van der Waals surface area contributed by atoms with Crippen LogP contribution < -0.4 is 9.47 Å². The molecule has 27 heavy (non-hydrogen) atoms. The van der Waals surface area contributed by atoms with Gasteiger partial charge in [-0.05, 0) is 42.8 Å². The fourth-order valence-corrected chi connectivity index (χ4v) is 2.61. The highest BCUT2D eigenvalue weighted by Gasteiger charge is 2.15. The Labute approximate surface area is 156 Å². The number of hydrogen-bond acceptors (Lipinski definition) is 6. The Morgan fingerprint density at radius 2 is 1.85 bits per heavy atom. The van der Waals surface area contributed by atoms with Crippen LogP contribution in [0.2, 0.25) is 0 Å². The van der Waals surface area contributed by atoms with Gasteiger partial charge in [0.2, 0.25) is 5.82 Å². The molecule has 2 heterocycles. The monoisotopic (exact) mass is 362 g/mol. The number of aryl methyl sites for hydroxylation is 1. The zero-order valence-electron chi connectivity index (χ0n) is 15.0. The minimum absolute atomic E-state index is 0.327. The molecule has 0 unspecified atom stereocenters. The highest BCUT2D eigenvalue weighted by Crippen LogP contribution is 2.33. The molecule has 4 aromatic rings. The molecule has 0 fully saturated rings. The van der Waals surface area contributed by atoms with Gasteiger partial charge in [-0.1, -0.05) is 35.0 Å². The first-order valence-electron chi connectivity index (χ1n) is 8.47. The van der Waals surface area contributed by atoms with E-state index in [4.69, 9.17) is 18.4 Å². The largest absolute Gasteiger partial charge is 0.493 e. The second-order valence-corrected chi connectivity index (χ2v) is 6.04. The maximum atomic E-state index is 5.90. The van der Waals surface area contributed by atoms with E-state index in [1.54, 1.807) is 25.5 Å². The Kier molecular flexibility index (Phi) is 4.61. The van der Waals surface area contributed by atoms with Crippen LogP contribution in [0.15, 0.2) is 69.8 Å². The van der Waals surface area contributed by atoms with Crippen LogP contribution in [0.3, 0.4) is 0 Å². The van der Waals surface area contributed by atoms with Gasteiger partial charge in [0.05, 0.1) is 13.4 Å². The third-order valence-corrected chi connectivity index (χ3v) is 4.09. The summed E-state index contributed by atoms with van der Waals surface area (Å²) in [5.41, 5.74) is 3.07. The number of methoxy groups -OCH3 is 1. The summed E-state index contributed by atoms with van der Waals surface area (Å²) in [6, 6.07) is 17.3. The zero-order valence-corrected chi connectivity index (χ0v) is 15.0. The number of rotatable bonds is 6. The Bertz CT molecular complexity index is 1020. The molecule has 0 saturated heterocycles. The van der Waals surface area contributed by atoms with E-state index in [2.05, 4.69) is 29.2 Å². The van der Waals surface area contributed by atoms with Crippen molar-refractivity contribution in [1.29, 1.82) is 0 Å². The molecular formula is C21H18N2O4. The third-order valence-electron chi connectivity index (χ3n) is 4.09. The van der Waals surface area contributed by atoms with Crippen molar-refractivity contribution in [3.63, 3.8) is 0 Å². The topological polar surface area (TPSA) is 70.5 Å². The van der Waals surface area contributed by atoms with Crippen molar-refractivity contribution in [2.45, 2.75) is 13.5 Å². The predicted octanol–water partition coefficient (Wildman–Crippen LogP) is 4.89. The first kappa shape index (κ1) is 16.9. The first-order chi connectivity index (χ1) is 13.2. The molecule has 0 radical (unpaired) electrons. The molecule has 0 aliphatic carbocycles. The maximum absolute atomic E-state index is 5.90. The van der Waals surface area contributed by atoms with E-state index in [1.165, 1.54) is 5.56 Å². The maximum Gasteiger partial charge on any atom is 0.293 e. The van der Waals surface area contributed by atoms with Crippen molar-refractivity contribution in [3.8, 4) is 34.5 Å². The lowest BCUT2D eigenvalue weighted by Crippen LogP contribution is -1.98. The number of nitrogens with zero attached hydrogens (tertiary/aromatic N) is 2. The van der Waals surface area contributed by atoms with Crippen LogP contribution in [0.1, 0.15) is 11.1 Å². The molecule has 6 nitrogen and oxygen atoms in total. The summed E-state index contributed by atoms with van der Waals surface area (Å²) in [4.78, 5) is 4.36. The quantitative estimate of drug-likeness (QED) is 0.486. The van der Waals surface area contributed by atoms with E-state index >= 15 is 0 Å². The van der Waals surface area contributed by atoms with E-state index in [0.717, 1.165) is 11.1 Å². The minimum Gasteiger partial charge on any atom is -0.493 e. The van der Waals surface area contributed by atoms with Crippen LogP contribution in [0, 0.1) is 6.92 Å². The second-order valence-electron chi connectivity index (χ2n) is 6.04.